The average molecular weight is 461 g/mol. The summed E-state index contributed by atoms with van der Waals surface area (Å²) in [6.07, 6.45) is 1.29. The van der Waals surface area contributed by atoms with Gasteiger partial charge in [-0.3, -0.25) is 9.98 Å². The Labute approximate surface area is 196 Å². The van der Waals surface area contributed by atoms with Gasteiger partial charge >= 0.3 is 0 Å². The number of aliphatic hydroxyl groups excluding tert-OH is 1. The Bertz CT molecular complexity index is 1310. The van der Waals surface area contributed by atoms with Gasteiger partial charge in [0.05, 0.1) is 36.7 Å². The molecule has 0 aliphatic heterocycles. The molecule has 2 aromatic heterocycles. The molecule has 0 saturated carbocycles. The number of anilines is 1. The number of hydrogen-bond acceptors (Lipinski definition) is 9. The highest BCUT2D eigenvalue weighted by Crippen LogP contribution is 2.25. The van der Waals surface area contributed by atoms with Crippen LogP contribution in [0.15, 0.2) is 46.5 Å². The van der Waals surface area contributed by atoms with Crippen LogP contribution in [0.3, 0.4) is 0 Å². The van der Waals surface area contributed by atoms with Crippen LogP contribution in [0.5, 0.6) is 0 Å². The van der Waals surface area contributed by atoms with Crippen molar-refractivity contribution in [3.63, 3.8) is 0 Å². The van der Waals surface area contributed by atoms with Gasteiger partial charge in [-0.1, -0.05) is 32.0 Å². The van der Waals surface area contributed by atoms with Crippen LogP contribution in [0.2, 0.25) is 0 Å². The number of aromatic nitrogens is 3. The lowest BCUT2D eigenvalue weighted by Crippen LogP contribution is -2.23. The van der Waals surface area contributed by atoms with E-state index in [4.69, 9.17) is 11.6 Å². The number of hydrogen-bond donors (Lipinski definition) is 3. The minimum absolute atomic E-state index is 0.0335. The van der Waals surface area contributed by atoms with Crippen LogP contribution < -0.4 is 11.6 Å². The van der Waals surface area contributed by atoms with Gasteiger partial charge in [-0.05, 0) is 30.7 Å². The van der Waals surface area contributed by atoms with E-state index in [2.05, 4.69) is 31.1 Å². The van der Waals surface area contributed by atoms with Gasteiger partial charge in [0.1, 0.15) is 11.4 Å². The number of pyridine rings is 1. The monoisotopic (exact) mass is 460 g/mol. The van der Waals surface area contributed by atoms with E-state index >= 15 is 0 Å². The molecule has 0 unspecified atom stereocenters. The van der Waals surface area contributed by atoms with Crippen LogP contribution in [0, 0.1) is 24.1 Å². The van der Waals surface area contributed by atoms with E-state index in [0.717, 1.165) is 5.69 Å². The lowest BCUT2D eigenvalue weighted by atomic mass is 9.90. The SMILES string of the molecule is Cc1c(C#N)cccc1-c1nc(N)c(F)c(C(C=NCc2cccc(C(C)(C)CO)n2)=NN)n1. The van der Waals surface area contributed by atoms with Crippen molar-refractivity contribution in [2.75, 3.05) is 12.3 Å². The third kappa shape index (κ3) is 5.05. The number of nitrogen functional groups attached to an aromatic ring is 1. The Morgan fingerprint density at radius 2 is 1.94 bits per heavy atom. The van der Waals surface area contributed by atoms with E-state index in [0.29, 0.717) is 22.4 Å². The van der Waals surface area contributed by atoms with Gasteiger partial charge in [0.25, 0.3) is 0 Å². The Hall–Kier alpha value is -4.23. The third-order valence-corrected chi connectivity index (χ3v) is 5.32. The summed E-state index contributed by atoms with van der Waals surface area (Å²) in [6.45, 7) is 5.64. The zero-order valence-electron chi connectivity index (χ0n) is 19.1. The number of halogens is 1. The van der Waals surface area contributed by atoms with Crippen molar-refractivity contribution >= 4 is 17.7 Å². The number of nitrogens with zero attached hydrogens (tertiary/aromatic N) is 6. The molecule has 0 amide bonds. The Morgan fingerprint density at radius 3 is 2.62 bits per heavy atom. The number of benzene rings is 1. The maximum Gasteiger partial charge on any atom is 0.193 e. The lowest BCUT2D eigenvalue weighted by molar-refractivity contribution is 0.215. The van der Waals surface area contributed by atoms with Gasteiger partial charge in [-0.15, -0.1) is 0 Å². The molecule has 0 aliphatic carbocycles. The first-order valence-corrected chi connectivity index (χ1v) is 10.4. The first-order valence-electron chi connectivity index (χ1n) is 10.4. The van der Waals surface area contributed by atoms with Crippen LogP contribution >= 0.6 is 0 Å². The van der Waals surface area contributed by atoms with E-state index in [9.17, 15) is 14.8 Å². The van der Waals surface area contributed by atoms with Crippen molar-refractivity contribution in [3.8, 4) is 17.5 Å². The fourth-order valence-corrected chi connectivity index (χ4v) is 3.16. The molecule has 0 fully saturated rings. The maximum atomic E-state index is 14.8. The van der Waals surface area contributed by atoms with Crippen molar-refractivity contribution in [2.45, 2.75) is 32.7 Å². The van der Waals surface area contributed by atoms with Crippen LogP contribution in [0.25, 0.3) is 11.4 Å². The predicted octanol–water partition coefficient (Wildman–Crippen LogP) is 2.64. The summed E-state index contributed by atoms with van der Waals surface area (Å²) in [5.74, 6) is 4.39. The minimum Gasteiger partial charge on any atom is -0.395 e. The normalized spacial score (nSPS) is 12.2. The Morgan fingerprint density at radius 1 is 1.21 bits per heavy atom. The molecule has 0 saturated heterocycles. The summed E-state index contributed by atoms with van der Waals surface area (Å²) in [5, 5.41) is 22.5. The fraction of sp³-hybridized carbons (Fsp3) is 0.250. The number of hydrazone groups is 1. The number of aliphatic hydroxyl groups is 1. The molecule has 10 heteroatoms. The Kier molecular flexibility index (Phi) is 7.28. The smallest absolute Gasteiger partial charge is 0.193 e. The van der Waals surface area contributed by atoms with E-state index < -0.39 is 11.2 Å². The molecule has 0 radical (unpaired) electrons. The van der Waals surface area contributed by atoms with Crippen molar-refractivity contribution in [1.29, 1.82) is 5.26 Å². The molecular formula is C24H25FN8O. The molecule has 5 N–H and O–H groups in total. The molecule has 0 bridgehead atoms. The van der Waals surface area contributed by atoms with E-state index in [1.54, 1.807) is 31.2 Å². The predicted molar refractivity (Wildman–Crippen MR) is 129 cm³/mol. The molecule has 1 aromatic carbocycles. The molecule has 9 nitrogen and oxygen atoms in total. The van der Waals surface area contributed by atoms with Crippen LogP contribution in [-0.4, -0.2) is 38.6 Å². The van der Waals surface area contributed by atoms with Crippen molar-refractivity contribution in [3.05, 3.63) is 70.4 Å². The molecule has 34 heavy (non-hydrogen) atoms. The third-order valence-electron chi connectivity index (χ3n) is 5.32. The lowest BCUT2D eigenvalue weighted by Gasteiger charge is -2.21. The number of nitriles is 1. The van der Waals surface area contributed by atoms with Crippen LogP contribution in [-0.2, 0) is 12.0 Å². The topological polar surface area (TPSA) is 159 Å². The zero-order valence-corrected chi connectivity index (χ0v) is 19.1. The molecule has 0 atom stereocenters. The first-order chi connectivity index (χ1) is 16.2. The second-order valence-electron chi connectivity index (χ2n) is 8.23. The summed E-state index contributed by atoms with van der Waals surface area (Å²) in [4.78, 5) is 17.1. The van der Waals surface area contributed by atoms with Crippen molar-refractivity contribution < 1.29 is 9.50 Å². The highest BCUT2D eigenvalue weighted by atomic mass is 19.1. The highest BCUT2D eigenvalue weighted by Gasteiger charge is 2.21. The number of nitrogens with two attached hydrogens (primary N) is 2. The standard InChI is InChI=1S/C24H25FN8O/c1-14-15(10-26)6-4-8-17(14)23-31-21(20(25)22(27)32-23)18(33-28)12-29-11-16-7-5-9-19(30-16)24(2,3)13-34/h4-9,12,34H,11,13,28H2,1-3H3,(H2,27,31,32). The fourth-order valence-electron chi connectivity index (χ4n) is 3.16. The summed E-state index contributed by atoms with van der Waals surface area (Å²) < 4.78 is 14.8. The van der Waals surface area contributed by atoms with Gasteiger partial charge in [-0.2, -0.15) is 10.4 Å². The minimum atomic E-state index is -0.877. The van der Waals surface area contributed by atoms with Gasteiger partial charge < -0.3 is 16.7 Å². The van der Waals surface area contributed by atoms with Crippen molar-refractivity contribution in [2.24, 2.45) is 15.9 Å². The number of rotatable bonds is 7. The van der Waals surface area contributed by atoms with Crippen molar-refractivity contribution in [1.82, 2.24) is 15.0 Å². The first kappa shape index (κ1) is 24.4. The summed E-state index contributed by atoms with van der Waals surface area (Å²) >= 11 is 0. The van der Waals surface area contributed by atoms with Gasteiger partial charge in [-0.25, -0.2) is 14.4 Å². The van der Waals surface area contributed by atoms with E-state index in [1.165, 1.54) is 6.21 Å². The average Bonchev–Trinajstić information content (AvgIpc) is 2.84. The summed E-state index contributed by atoms with van der Waals surface area (Å²) in [5.41, 5.74) is 8.05. The van der Waals surface area contributed by atoms with Crippen LogP contribution in [0.1, 0.15) is 42.1 Å². The molecular weight excluding hydrogens is 435 g/mol. The molecule has 3 aromatic rings. The molecule has 0 spiro atoms. The largest absolute Gasteiger partial charge is 0.395 e. The summed E-state index contributed by atoms with van der Waals surface area (Å²) in [6, 6.07) is 12.6. The van der Waals surface area contributed by atoms with E-state index in [-0.39, 0.29) is 36.2 Å². The molecule has 0 aliphatic rings. The quantitative estimate of drug-likeness (QED) is 0.277. The highest BCUT2D eigenvalue weighted by molar-refractivity contribution is 6.37. The molecule has 174 valence electrons. The second kappa shape index (κ2) is 10.1. The zero-order chi connectivity index (χ0) is 24.9. The van der Waals surface area contributed by atoms with E-state index in [1.807, 2.05) is 26.0 Å². The maximum absolute atomic E-state index is 14.8. The van der Waals surface area contributed by atoms with Gasteiger partial charge in [0.2, 0.25) is 0 Å². The Balaban J connectivity index is 1.93. The second-order valence-corrected chi connectivity index (χ2v) is 8.23. The molecule has 2 heterocycles. The summed E-state index contributed by atoms with van der Waals surface area (Å²) in [7, 11) is 0. The number of aliphatic imine (C=N–C) groups is 1. The molecule has 3 rings (SSSR count). The van der Waals surface area contributed by atoms with Crippen LogP contribution in [0.4, 0.5) is 10.2 Å². The van der Waals surface area contributed by atoms with Gasteiger partial charge in [0, 0.05) is 16.7 Å². The van der Waals surface area contributed by atoms with Gasteiger partial charge in [0.15, 0.2) is 17.5 Å².